The van der Waals surface area contributed by atoms with Gasteiger partial charge >= 0.3 is 5.97 Å². The van der Waals surface area contributed by atoms with E-state index in [1.807, 2.05) is 67.6 Å². The number of aliphatic carboxylic acids is 1. The van der Waals surface area contributed by atoms with Crippen molar-refractivity contribution < 1.29 is 14.7 Å². The highest BCUT2D eigenvalue weighted by Gasteiger charge is 2.14. The lowest BCUT2D eigenvalue weighted by Gasteiger charge is -2.14. The molecule has 0 fully saturated rings. The van der Waals surface area contributed by atoms with E-state index in [2.05, 4.69) is 20.6 Å². The number of amides is 1. The highest BCUT2D eigenvalue weighted by molar-refractivity contribution is 5.95. The minimum absolute atomic E-state index is 0.0424. The standard InChI is InChI=1S/C26H26N4O3/c1-2-18(15-24(31)32)19-8-5-7-17(13-19)16-27-25(33)20-9-6-10-21(14-20)28-26-29-22-11-3-4-12-23(22)30-26/h3-14,18H,2,15-16H2,1H3,(H,27,33)(H,31,32)(H2,28,29,30). The fourth-order valence-corrected chi connectivity index (χ4v) is 3.84. The van der Waals surface area contributed by atoms with Gasteiger partial charge in [0.25, 0.3) is 5.91 Å². The molecule has 4 rings (SSSR count). The molecule has 0 aliphatic rings. The summed E-state index contributed by atoms with van der Waals surface area (Å²) >= 11 is 0. The average Bonchev–Trinajstić information content (AvgIpc) is 3.23. The summed E-state index contributed by atoms with van der Waals surface area (Å²) in [6.45, 7) is 2.34. The minimum Gasteiger partial charge on any atom is -0.481 e. The number of carboxylic acid groups (broad SMARTS) is 1. The number of para-hydroxylation sites is 2. The lowest BCUT2D eigenvalue weighted by atomic mass is 9.92. The molecule has 1 aromatic heterocycles. The number of anilines is 2. The Balaban J connectivity index is 1.41. The van der Waals surface area contributed by atoms with Gasteiger partial charge in [0.2, 0.25) is 5.95 Å². The van der Waals surface area contributed by atoms with Crippen molar-refractivity contribution in [3.63, 3.8) is 0 Å². The van der Waals surface area contributed by atoms with Gasteiger partial charge in [-0.3, -0.25) is 9.59 Å². The predicted molar refractivity (Wildman–Crippen MR) is 129 cm³/mol. The van der Waals surface area contributed by atoms with Gasteiger partial charge in [0.1, 0.15) is 0 Å². The maximum atomic E-state index is 12.7. The Morgan fingerprint density at radius 1 is 1.03 bits per heavy atom. The van der Waals surface area contributed by atoms with Gasteiger partial charge in [-0.2, -0.15) is 0 Å². The van der Waals surface area contributed by atoms with Crippen LogP contribution in [0, 0.1) is 0 Å². The smallest absolute Gasteiger partial charge is 0.303 e. The van der Waals surface area contributed by atoms with Crippen molar-refractivity contribution >= 4 is 34.5 Å². The van der Waals surface area contributed by atoms with Crippen LogP contribution in [-0.4, -0.2) is 27.0 Å². The van der Waals surface area contributed by atoms with Crippen molar-refractivity contribution in [3.8, 4) is 0 Å². The lowest BCUT2D eigenvalue weighted by molar-refractivity contribution is -0.137. The van der Waals surface area contributed by atoms with Crippen molar-refractivity contribution in [1.29, 1.82) is 0 Å². The van der Waals surface area contributed by atoms with E-state index in [0.29, 0.717) is 18.1 Å². The van der Waals surface area contributed by atoms with Crippen LogP contribution in [0.4, 0.5) is 11.6 Å². The van der Waals surface area contributed by atoms with Gasteiger partial charge in [-0.1, -0.05) is 49.4 Å². The van der Waals surface area contributed by atoms with Gasteiger partial charge in [-0.15, -0.1) is 0 Å². The largest absolute Gasteiger partial charge is 0.481 e. The first-order chi connectivity index (χ1) is 16.0. The molecule has 4 aromatic rings. The monoisotopic (exact) mass is 442 g/mol. The van der Waals surface area contributed by atoms with E-state index in [4.69, 9.17) is 5.11 Å². The third-order valence-electron chi connectivity index (χ3n) is 5.57. The van der Waals surface area contributed by atoms with Gasteiger partial charge in [0, 0.05) is 17.8 Å². The first-order valence-corrected chi connectivity index (χ1v) is 10.9. The molecular formula is C26H26N4O3. The Kier molecular flexibility index (Phi) is 6.69. The summed E-state index contributed by atoms with van der Waals surface area (Å²) in [4.78, 5) is 31.6. The maximum Gasteiger partial charge on any atom is 0.303 e. The van der Waals surface area contributed by atoms with Gasteiger partial charge < -0.3 is 20.7 Å². The zero-order valence-corrected chi connectivity index (χ0v) is 18.3. The molecule has 0 bridgehead atoms. The van der Waals surface area contributed by atoms with Crippen molar-refractivity contribution in [2.45, 2.75) is 32.2 Å². The van der Waals surface area contributed by atoms with E-state index in [-0.39, 0.29) is 18.2 Å². The topological polar surface area (TPSA) is 107 Å². The Hall–Kier alpha value is -4.13. The molecule has 4 N–H and O–H groups in total. The minimum atomic E-state index is -0.809. The molecule has 0 aliphatic carbocycles. The van der Waals surface area contributed by atoms with Crippen LogP contribution in [0.25, 0.3) is 11.0 Å². The molecule has 1 amide bonds. The summed E-state index contributed by atoms with van der Waals surface area (Å²) in [5.74, 6) is -0.431. The number of carbonyl (C=O) groups excluding carboxylic acids is 1. The van der Waals surface area contributed by atoms with Gasteiger partial charge in [-0.25, -0.2) is 4.98 Å². The van der Waals surface area contributed by atoms with Crippen LogP contribution in [0.1, 0.15) is 47.2 Å². The van der Waals surface area contributed by atoms with Crippen molar-refractivity contribution in [1.82, 2.24) is 15.3 Å². The van der Waals surface area contributed by atoms with E-state index in [0.717, 1.165) is 34.3 Å². The van der Waals surface area contributed by atoms with E-state index in [1.165, 1.54) is 0 Å². The fraction of sp³-hybridized carbons (Fsp3) is 0.192. The number of carbonyl (C=O) groups is 2. The highest BCUT2D eigenvalue weighted by Crippen LogP contribution is 2.24. The van der Waals surface area contributed by atoms with Crippen LogP contribution in [0.3, 0.4) is 0 Å². The second-order valence-corrected chi connectivity index (χ2v) is 7.94. The van der Waals surface area contributed by atoms with E-state index in [9.17, 15) is 9.59 Å². The summed E-state index contributed by atoms with van der Waals surface area (Å²) in [5.41, 5.74) is 4.99. The number of nitrogens with one attached hydrogen (secondary N) is 3. The van der Waals surface area contributed by atoms with E-state index >= 15 is 0 Å². The van der Waals surface area contributed by atoms with Crippen LogP contribution in [-0.2, 0) is 11.3 Å². The van der Waals surface area contributed by atoms with Crippen LogP contribution in [0.15, 0.2) is 72.8 Å². The molecule has 0 radical (unpaired) electrons. The van der Waals surface area contributed by atoms with Crippen LogP contribution in [0.5, 0.6) is 0 Å². The Morgan fingerprint density at radius 3 is 2.64 bits per heavy atom. The molecule has 0 aliphatic heterocycles. The number of nitrogens with zero attached hydrogens (tertiary/aromatic N) is 1. The zero-order chi connectivity index (χ0) is 23.2. The normalized spacial score (nSPS) is 11.8. The fourth-order valence-electron chi connectivity index (χ4n) is 3.84. The van der Waals surface area contributed by atoms with Crippen molar-refractivity contribution in [3.05, 3.63) is 89.5 Å². The number of carboxylic acids is 1. The molecule has 33 heavy (non-hydrogen) atoms. The van der Waals surface area contributed by atoms with Crippen molar-refractivity contribution in [2.24, 2.45) is 0 Å². The quantitative estimate of drug-likeness (QED) is 0.285. The number of fused-ring (bicyclic) bond motifs is 1. The summed E-state index contributed by atoms with van der Waals surface area (Å²) in [6, 6.07) is 22.7. The molecule has 0 saturated heterocycles. The molecule has 0 saturated carbocycles. The molecule has 1 heterocycles. The first-order valence-electron chi connectivity index (χ1n) is 10.9. The summed E-state index contributed by atoms with van der Waals surface area (Å²) < 4.78 is 0. The third-order valence-corrected chi connectivity index (χ3v) is 5.57. The maximum absolute atomic E-state index is 12.7. The van der Waals surface area contributed by atoms with Crippen LogP contribution >= 0.6 is 0 Å². The van der Waals surface area contributed by atoms with Gasteiger partial charge in [0.05, 0.1) is 17.5 Å². The summed E-state index contributed by atoms with van der Waals surface area (Å²) in [6.07, 6.45) is 0.838. The molecule has 0 spiro atoms. The molecular weight excluding hydrogens is 416 g/mol. The number of benzene rings is 3. The van der Waals surface area contributed by atoms with Crippen LogP contribution in [0.2, 0.25) is 0 Å². The number of H-pyrrole nitrogens is 1. The summed E-state index contributed by atoms with van der Waals surface area (Å²) in [5, 5.41) is 15.3. The van der Waals surface area contributed by atoms with Crippen LogP contribution < -0.4 is 10.6 Å². The number of rotatable bonds is 9. The molecule has 1 atom stereocenters. The Labute approximate surface area is 191 Å². The molecule has 3 aromatic carbocycles. The second kappa shape index (κ2) is 9.99. The first kappa shape index (κ1) is 22.1. The number of hydrogen-bond acceptors (Lipinski definition) is 4. The van der Waals surface area contributed by atoms with E-state index < -0.39 is 5.97 Å². The molecule has 168 valence electrons. The summed E-state index contributed by atoms with van der Waals surface area (Å²) in [7, 11) is 0. The van der Waals surface area contributed by atoms with Gasteiger partial charge in [-0.05, 0) is 53.8 Å². The number of hydrogen-bond donors (Lipinski definition) is 4. The zero-order valence-electron chi connectivity index (χ0n) is 18.3. The lowest BCUT2D eigenvalue weighted by Crippen LogP contribution is -2.23. The highest BCUT2D eigenvalue weighted by atomic mass is 16.4. The Morgan fingerprint density at radius 2 is 1.85 bits per heavy atom. The second-order valence-electron chi connectivity index (χ2n) is 7.94. The number of aromatic nitrogens is 2. The SMILES string of the molecule is CCC(CC(=O)O)c1cccc(CNC(=O)c2cccc(Nc3nc4ccccc4[nH]3)c2)c1. The van der Waals surface area contributed by atoms with Crippen molar-refractivity contribution in [2.75, 3.05) is 5.32 Å². The molecule has 7 nitrogen and oxygen atoms in total. The van der Waals surface area contributed by atoms with E-state index in [1.54, 1.807) is 12.1 Å². The molecule has 1 unspecified atom stereocenters. The predicted octanol–water partition coefficient (Wildman–Crippen LogP) is 5.20. The Bertz CT molecular complexity index is 1250. The number of imidazole rings is 1. The van der Waals surface area contributed by atoms with Gasteiger partial charge in [0.15, 0.2) is 0 Å². The molecule has 7 heteroatoms. The average molecular weight is 443 g/mol. The number of aromatic amines is 1. The third kappa shape index (κ3) is 5.57.